The van der Waals surface area contributed by atoms with E-state index in [-0.39, 0.29) is 0 Å². The number of nitrogen functional groups attached to an aromatic ring is 1. The van der Waals surface area contributed by atoms with Gasteiger partial charge in [-0.05, 0) is 25.2 Å². The van der Waals surface area contributed by atoms with Gasteiger partial charge in [0.05, 0.1) is 0 Å². The molecule has 4 heteroatoms. The van der Waals surface area contributed by atoms with Gasteiger partial charge in [-0.2, -0.15) is 0 Å². The average Bonchev–Trinajstić information content (AvgIpc) is 3.08. The Morgan fingerprint density at radius 2 is 1.94 bits per heavy atom. The summed E-state index contributed by atoms with van der Waals surface area (Å²) in [5.41, 5.74) is 5.83. The Labute approximate surface area is 108 Å². The Balaban J connectivity index is 1.54. The highest BCUT2D eigenvalue weighted by molar-refractivity contribution is 5.45. The third-order valence-corrected chi connectivity index (χ3v) is 4.04. The summed E-state index contributed by atoms with van der Waals surface area (Å²) in [6.45, 7) is 1.01. The summed E-state index contributed by atoms with van der Waals surface area (Å²) in [4.78, 5) is 8.87. The van der Waals surface area contributed by atoms with Crippen LogP contribution in [-0.2, 0) is 0 Å². The van der Waals surface area contributed by atoms with E-state index in [4.69, 9.17) is 5.73 Å². The van der Waals surface area contributed by atoms with Crippen molar-refractivity contribution in [1.29, 1.82) is 0 Å². The lowest BCUT2D eigenvalue weighted by Gasteiger charge is -2.11. The Morgan fingerprint density at radius 1 is 1.17 bits per heavy atom. The second-order valence-corrected chi connectivity index (χ2v) is 5.68. The van der Waals surface area contributed by atoms with Crippen LogP contribution in [0.25, 0.3) is 0 Å². The van der Waals surface area contributed by atoms with E-state index in [0.717, 1.165) is 24.1 Å². The van der Waals surface area contributed by atoms with Gasteiger partial charge in [-0.3, -0.25) is 0 Å². The van der Waals surface area contributed by atoms with Crippen LogP contribution in [0.1, 0.15) is 56.7 Å². The highest BCUT2D eigenvalue weighted by Crippen LogP contribution is 2.38. The average molecular weight is 246 g/mol. The van der Waals surface area contributed by atoms with Crippen LogP contribution in [0.2, 0.25) is 0 Å². The molecule has 0 aromatic carbocycles. The molecule has 3 rings (SSSR count). The van der Waals surface area contributed by atoms with E-state index in [1.54, 1.807) is 0 Å². The monoisotopic (exact) mass is 246 g/mol. The lowest BCUT2D eigenvalue weighted by atomic mass is 10.0. The molecule has 2 aliphatic carbocycles. The topological polar surface area (TPSA) is 63.8 Å². The van der Waals surface area contributed by atoms with Crippen LogP contribution in [0.5, 0.6) is 0 Å². The third kappa shape index (κ3) is 2.92. The Kier molecular flexibility index (Phi) is 3.35. The number of anilines is 2. The molecule has 1 aromatic rings. The van der Waals surface area contributed by atoms with Gasteiger partial charge in [-0.15, -0.1) is 0 Å². The number of aromatic nitrogens is 2. The van der Waals surface area contributed by atoms with Gasteiger partial charge in [0.15, 0.2) is 0 Å². The summed E-state index contributed by atoms with van der Waals surface area (Å²) in [5.74, 6) is 3.90. The van der Waals surface area contributed by atoms with E-state index in [1.807, 2.05) is 6.07 Å². The summed E-state index contributed by atoms with van der Waals surface area (Å²) in [6, 6.07) is 1.85. The minimum absolute atomic E-state index is 0.559. The quantitative estimate of drug-likeness (QED) is 0.838. The van der Waals surface area contributed by atoms with Crippen molar-refractivity contribution < 1.29 is 0 Å². The van der Waals surface area contributed by atoms with Crippen molar-refractivity contribution in [2.75, 3.05) is 17.6 Å². The minimum atomic E-state index is 0.559. The van der Waals surface area contributed by atoms with Gasteiger partial charge in [-0.25, -0.2) is 9.97 Å². The largest absolute Gasteiger partial charge is 0.384 e. The van der Waals surface area contributed by atoms with E-state index in [1.165, 1.54) is 44.9 Å². The predicted molar refractivity (Wildman–Crippen MR) is 73.5 cm³/mol. The molecule has 0 bridgehead atoms. The summed E-state index contributed by atoms with van der Waals surface area (Å²) in [6.07, 6.45) is 9.31. The number of hydrogen-bond donors (Lipinski definition) is 2. The first kappa shape index (κ1) is 11.8. The first-order chi connectivity index (χ1) is 8.81. The first-order valence-electron chi connectivity index (χ1n) is 7.19. The van der Waals surface area contributed by atoms with E-state index >= 15 is 0 Å². The van der Waals surface area contributed by atoms with Crippen LogP contribution in [0, 0.1) is 5.92 Å². The standard InChI is InChI=1S/C14H22N4/c15-12-9-13(18-14(17-12)11-5-6-11)16-8-7-10-3-1-2-4-10/h9-11H,1-8H2,(H3,15,16,17,18). The number of nitrogens with zero attached hydrogens (tertiary/aromatic N) is 2. The maximum atomic E-state index is 5.83. The molecule has 3 N–H and O–H groups in total. The lowest BCUT2D eigenvalue weighted by Crippen LogP contribution is -2.10. The molecular formula is C14H22N4. The zero-order valence-corrected chi connectivity index (χ0v) is 10.9. The van der Waals surface area contributed by atoms with Crippen molar-refractivity contribution >= 4 is 11.6 Å². The molecule has 2 saturated carbocycles. The molecule has 18 heavy (non-hydrogen) atoms. The number of nitrogens with one attached hydrogen (secondary N) is 1. The summed E-state index contributed by atoms with van der Waals surface area (Å²) >= 11 is 0. The molecule has 0 unspecified atom stereocenters. The fraction of sp³-hybridized carbons (Fsp3) is 0.714. The van der Waals surface area contributed by atoms with Crippen molar-refractivity contribution in [3.8, 4) is 0 Å². The van der Waals surface area contributed by atoms with Crippen molar-refractivity contribution in [1.82, 2.24) is 9.97 Å². The van der Waals surface area contributed by atoms with Crippen LogP contribution in [-0.4, -0.2) is 16.5 Å². The summed E-state index contributed by atoms with van der Waals surface area (Å²) in [7, 11) is 0. The highest BCUT2D eigenvalue weighted by atomic mass is 15.1. The number of nitrogens with two attached hydrogens (primary N) is 1. The van der Waals surface area contributed by atoms with Gasteiger partial charge in [0.2, 0.25) is 0 Å². The predicted octanol–water partition coefficient (Wildman–Crippen LogP) is 2.93. The Hall–Kier alpha value is -1.32. The van der Waals surface area contributed by atoms with E-state index in [0.29, 0.717) is 11.7 Å². The van der Waals surface area contributed by atoms with Gasteiger partial charge < -0.3 is 11.1 Å². The SMILES string of the molecule is Nc1cc(NCCC2CCCC2)nc(C2CC2)n1. The van der Waals surface area contributed by atoms with Crippen molar-refractivity contribution in [2.45, 2.75) is 50.9 Å². The zero-order valence-electron chi connectivity index (χ0n) is 10.9. The molecule has 0 radical (unpaired) electrons. The molecule has 0 spiro atoms. The van der Waals surface area contributed by atoms with Crippen LogP contribution in [0.4, 0.5) is 11.6 Å². The van der Waals surface area contributed by atoms with Gasteiger partial charge in [-0.1, -0.05) is 25.7 Å². The first-order valence-corrected chi connectivity index (χ1v) is 7.19. The molecule has 0 saturated heterocycles. The van der Waals surface area contributed by atoms with Gasteiger partial charge >= 0.3 is 0 Å². The van der Waals surface area contributed by atoms with Crippen LogP contribution < -0.4 is 11.1 Å². The Morgan fingerprint density at radius 3 is 2.67 bits per heavy atom. The molecule has 98 valence electrons. The molecule has 2 aliphatic rings. The minimum Gasteiger partial charge on any atom is -0.384 e. The van der Waals surface area contributed by atoms with Crippen molar-refractivity contribution in [3.63, 3.8) is 0 Å². The number of rotatable bonds is 5. The molecule has 1 heterocycles. The number of hydrogen-bond acceptors (Lipinski definition) is 4. The molecule has 0 atom stereocenters. The molecule has 0 amide bonds. The fourth-order valence-electron chi connectivity index (χ4n) is 2.80. The molecule has 0 aliphatic heterocycles. The van der Waals surface area contributed by atoms with Crippen LogP contribution in [0.3, 0.4) is 0 Å². The van der Waals surface area contributed by atoms with E-state index in [9.17, 15) is 0 Å². The molecule has 1 aromatic heterocycles. The van der Waals surface area contributed by atoms with Crippen LogP contribution in [0.15, 0.2) is 6.07 Å². The van der Waals surface area contributed by atoms with Gasteiger partial charge in [0.1, 0.15) is 17.5 Å². The molecule has 2 fully saturated rings. The summed E-state index contributed by atoms with van der Waals surface area (Å²) < 4.78 is 0. The smallest absolute Gasteiger partial charge is 0.136 e. The van der Waals surface area contributed by atoms with Gasteiger partial charge in [0, 0.05) is 18.5 Å². The van der Waals surface area contributed by atoms with E-state index in [2.05, 4.69) is 15.3 Å². The summed E-state index contributed by atoms with van der Waals surface area (Å²) in [5, 5.41) is 3.40. The zero-order chi connectivity index (χ0) is 12.4. The molecular weight excluding hydrogens is 224 g/mol. The van der Waals surface area contributed by atoms with Crippen LogP contribution >= 0.6 is 0 Å². The van der Waals surface area contributed by atoms with E-state index < -0.39 is 0 Å². The second kappa shape index (κ2) is 5.12. The maximum Gasteiger partial charge on any atom is 0.136 e. The normalized spacial score (nSPS) is 20.2. The maximum absolute atomic E-state index is 5.83. The van der Waals surface area contributed by atoms with Gasteiger partial charge in [0.25, 0.3) is 0 Å². The van der Waals surface area contributed by atoms with Crippen molar-refractivity contribution in [2.24, 2.45) is 5.92 Å². The lowest BCUT2D eigenvalue weighted by molar-refractivity contribution is 0.518. The second-order valence-electron chi connectivity index (χ2n) is 5.68. The fourth-order valence-corrected chi connectivity index (χ4v) is 2.80. The third-order valence-electron chi connectivity index (χ3n) is 4.04. The van der Waals surface area contributed by atoms with Crippen molar-refractivity contribution in [3.05, 3.63) is 11.9 Å². The highest BCUT2D eigenvalue weighted by Gasteiger charge is 2.27. The Bertz CT molecular complexity index is 408. The molecule has 4 nitrogen and oxygen atoms in total.